The predicted octanol–water partition coefficient (Wildman–Crippen LogP) is 3.99. The maximum atomic E-state index is 5.85. The molecule has 0 unspecified atom stereocenters. The fourth-order valence-corrected chi connectivity index (χ4v) is 3.66. The number of H-pyrrole nitrogens is 1. The lowest BCUT2D eigenvalue weighted by atomic mass is 9.98. The number of aryl methyl sites for hydroxylation is 1. The third-order valence-corrected chi connectivity index (χ3v) is 5.31. The molecule has 2 heterocycles. The van der Waals surface area contributed by atoms with Crippen LogP contribution in [-0.2, 0) is 13.0 Å². The van der Waals surface area contributed by atoms with Crippen molar-refractivity contribution in [2.24, 2.45) is 0 Å². The zero-order valence-corrected chi connectivity index (χ0v) is 17.6. The zero-order chi connectivity index (χ0) is 21.9. The number of tetrazole rings is 1. The van der Waals surface area contributed by atoms with Crippen molar-refractivity contribution in [3.63, 3.8) is 0 Å². The van der Waals surface area contributed by atoms with E-state index in [1.54, 1.807) is 0 Å². The van der Waals surface area contributed by atoms with Crippen LogP contribution in [0.15, 0.2) is 72.8 Å². The summed E-state index contributed by atoms with van der Waals surface area (Å²) in [6, 6.07) is 24.2. The van der Waals surface area contributed by atoms with Crippen molar-refractivity contribution in [1.82, 2.24) is 35.4 Å². The molecule has 0 saturated carbocycles. The Hall–Kier alpha value is -4.33. The largest absolute Gasteiger partial charge is 0.399 e. The predicted molar refractivity (Wildman–Crippen MR) is 123 cm³/mol. The summed E-state index contributed by atoms with van der Waals surface area (Å²) < 4.78 is 1.95. The number of benzene rings is 3. The molecule has 3 aromatic carbocycles. The van der Waals surface area contributed by atoms with E-state index >= 15 is 0 Å². The van der Waals surface area contributed by atoms with Crippen LogP contribution in [0.3, 0.4) is 0 Å². The normalized spacial score (nSPS) is 11.0. The van der Waals surface area contributed by atoms with E-state index in [2.05, 4.69) is 57.9 Å². The Kier molecular flexibility index (Phi) is 5.17. The molecule has 0 saturated heterocycles. The summed E-state index contributed by atoms with van der Waals surface area (Å²) in [4.78, 5) is 4.72. The third-order valence-electron chi connectivity index (χ3n) is 5.31. The fourth-order valence-electron chi connectivity index (χ4n) is 3.66. The van der Waals surface area contributed by atoms with Crippen molar-refractivity contribution in [3.05, 3.63) is 84.2 Å². The monoisotopic (exact) mass is 422 g/mol. The van der Waals surface area contributed by atoms with E-state index in [-0.39, 0.29) is 0 Å². The molecule has 8 heteroatoms. The standard InChI is InChI=1S/C24H22N8/c1-2-22-26-24(18-11-13-19(25)14-12-18)32(29-22)15-16-7-9-17(10-8-16)20-5-3-4-6-21(20)23-27-30-31-28-23/h3-14H,2,15,25H2,1H3,(H,27,28,30,31). The highest BCUT2D eigenvalue weighted by atomic mass is 15.5. The van der Waals surface area contributed by atoms with E-state index in [4.69, 9.17) is 15.8 Å². The van der Waals surface area contributed by atoms with Gasteiger partial charge in [0.15, 0.2) is 11.6 Å². The molecule has 0 aliphatic carbocycles. The Bertz CT molecular complexity index is 1320. The van der Waals surface area contributed by atoms with Crippen LogP contribution in [0.2, 0.25) is 0 Å². The Balaban J connectivity index is 1.45. The second-order valence-electron chi connectivity index (χ2n) is 7.46. The molecule has 0 bridgehead atoms. The van der Waals surface area contributed by atoms with Crippen LogP contribution in [0.5, 0.6) is 0 Å². The number of nitrogens with two attached hydrogens (primary N) is 1. The molecule has 8 nitrogen and oxygen atoms in total. The average molecular weight is 422 g/mol. The number of aromatic nitrogens is 7. The number of nitrogens with one attached hydrogen (secondary N) is 1. The lowest BCUT2D eigenvalue weighted by Crippen LogP contribution is -2.04. The van der Waals surface area contributed by atoms with Gasteiger partial charge in [-0.3, -0.25) is 0 Å². The van der Waals surface area contributed by atoms with Gasteiger partial charge in [0.1, 0.15) is 0 Å². The van der Waals surface area contributed by atoms with Crippen molar-refractivity contribution >= 4 is 5.69 Å². The van der Waals surface area contributed by atoms with Gasteiger partial charge in [0.2, 0.25) is 5.82 Å². The lowest BCUT2D eigenvalue weighted by Gasteiger charge is -2.09. The van der Waals surface area contributed by atoms with Gasteiger partial charge in [-0.25, -0.2) is 9.67 Å². The second-order valence-corrected chi connectivity index (χ2v) is 7.46. The minimum absolute atomic E-state index is 0.576. The number of hydrogen-bond donors (Lipinski definition) is 2. The maximum absolute atomic E-state index is 5.85. The highest BCUT2D eigenvalue weighted by Crippen LogP contribution is 2.30. The molecular formula is C24H22N8. The van der Waals surface area contributed by atoms with Crippen molar-refractivity contribution in [1.29, 1.82) is 0 Å². The van der Waals surface area contributed by atoms with Gasteiger partial charge in [-0.1, -0.05) is 55.5 Å². The summed E-state index contributed by atoms with van der Waals surface area (Å²) >= 11 is 0. The van der Waals surface area contributed by atoms with Gasteiger partial charge in [-0.05, 0) is 46.2 Å². The molecule has 0 aliphatic heterocycles. The van der Waals surface area contributed by atoms with Crippen molar-refractivity contribution in [3.8, 4) is 33.9 Å². The Morgan fingerprint density at radius 3 is 2.28 bits per heavy atom. The SMILES string of the molecule is CCc1nc(-c2ccc(N)cc2)n(Cc2ccc(-c3ccccc3-c3nn[nH]n3)cc2)n1. The Morgan fingerprint density at radius 2 is 1.59 bits per heavy atom. The number of anilines is 1. The van der Waals surface area contributed by atoms with Crippen LogP contribution < -0.4 is 5.73 Å². The van der Waals surface area contributed by atoms with Gasteiger partial charge in [-0.15, -0.1) is 10.2 Å². The smallest absolute Gasteiger partial charge is 0.205 e. The molecule has 5 rings (SSSR count). The summed E-state index contributed by atoms with van der Waals surface area (Å²) in [6.07, 6.45) is 0.779. The van der Waals surface area contributed by atoms with Gasteiger partial charge in [-0.2, -0.15) is 10.3 Å². The van der Waals surface area contributed by atoms with E-state index in [0.717, 1.165) is 51.6 Å². The van der Waals surface area contributed by atoms with Crippen LogP contribution in [0, 0.1) is 0 Å². The first kappa shape index (κ1) is 19.6. The van der Waals surface area contributed by atoms with Gasteiger partial charge >= 0.3 is 0 Å². The zero-order valence-electron chi connectivity index (χ0n) is 17.6. The summed E-state index contributed by atoms with van der Waals surface area (Å²) in [5.74, 6) is 2.24. The molecule has 3 N–H and O–H groups in total. The third kappa shape index (κ3) is 3.85. The molecule has 0 aliphatic rings. The van der Waals surface area contributed by atoms with Gasteiger partial charge in [0.25, 0.3) is 0 Å². The first-order valence-corrected chi connectivity index (χ1v) is 10.4. The molecule has 158 valence electrons. The highest BCUT2D eigenvalue weighted by molar-refractivity contribution is 5.80. The van der Waals surface area contributed by atoms with Gasteiger partial charge in [0.05, 0.1) is 6.54 Å². The van der Waals surface area contributed by atoms with Gasteiger partial charge < -0.3 is 5.73 Å². The van der Waals surface area contributed by atoms with Crippen molar-refractivity contribution in [2.75, 3.05) is 5.73 Å². The van der Waals surface area contributed by atoms with Crippen molar-refractivity contribution < 1.29 is 0 Å². The topological polar surface area (TPSA) is 111 Å². The fraction of sp³-hybridized carbons (Fsp3) is 0.125. The first-order valence-electron chi connectivity index (χ1n) is 10.4. The van der Waals surface area contributed by atoms with E-state index < -0.39 is 0 Å². The highest BCUT2D eigenvalue weighted by Gasteiger charge is 2.13. The Labute approximate surface area is 185 Å². The summed E-state index contributed by atoms with van der Waals surface area (Å²) in [5.41, 5.74) is 11.8. The van der Waals surface area contributed by atoms with Crippen LogP contribution in [0.1, 0.15) is 18.3 Å². The van der Waals surface area contributed by atoms with E-state index in [9.17, 15) is 0 Å². The van der Waals surface area contributed by atoms with Crippen LogP contribution in [0.25, 0.3) is 33.9 Å². The van der Waals surface area contributed by atoms with Crippen LogP contribution in [0.4, 0.5) is 5.69 Å². The summed E-state index contributed by atoms with van der Waals surface area (Å²) in [6.45, 7) is 2.68. The van der Waals surface area contributed by atoms with Gasteiger partial charge in [0, 0.05) is 23.2 Å². The minimum Gasteiger partial charge on any atom is -0.399 e. The molecule has 0 radical (unpaired) electrons. The quantitative estimate of drug-likeness (QED) is 0.400. The minimum atomic E-state index is 0.576. The number of nitrogen functional groups attached to an aromatic ring is 1. The van der Waals surface area contributed by atoms with E-state index in [1.165, 1.54) is 0 Å². The number of nitrogens with zero attached hydrogens (tertiary/aromatic N) is 6. The molecule has 32 heavy (non-hydrogen) atoms. The lowest BCUT2D eigenvalue weighted by molar-refractivity contribution is 0.680. The summed E-state index contributed by atoms with van der Waals surface area (Å²) in [7, 11) is 0. The molecular weight excluding hydrogens is 400 g/mol. The molecule has 0 spiro atoms. The molecule has 2 aromatic heterocycles. The average Bonchev–Trinajstić information content (AvgIpc) is 3.51. The molecule has 5 aromatic rings. The Morgan fingerprint density at radius 1 is 0.875 bits per heavy atom. The molecule has 0 atom stereocenters. The van der Waals surface area contributed by atoms with Crippen LogP contribution >= 0.6 is 0 Å². The first-order chi connectivity index (χ1) is 15.7. The molecule has 0 fully saturated rings. The van der Waals surface area contributed by atoms with E-state index in [0.29, 0.717) is 12.4 Å². The number of hydrogen-bond acceptors (Lipinski definition) is 6. The van der Waals surface area contributed by atoms with Crippen LogP contribution in [-0.4, -0.2) is 35.4 Å². The number of aromatic amines is 1. The molecule has 0 amide bonds. The van der Waals surface area contributed by atoms with E-state index in [1.807, 2.05) is 47.1 Å². The summed E-state index contributed by atoms with van der Waals surface area (Å²) in [5, 5.41) is 19.2. The second kappa shape index (κ2) is 8.43. The number of rotatable bonds is 6. The van der Waals surface area contributed by atoms with Crippen molar-refractivity contribution in [2.45, 2.75) is 19.9 Å². The maximum Gasteiger partial charge on any atom is 0.205 e.